The lowest BCUT2D eigenvalue weighted by Crippen LogP contribution is -2.06. The van der Waals surface area contributed by atoms with Crippen molar-refractivity contribution in [3.05, 3.63) is 62.0 Å². The van der Waals surface area contributed by atoms with Crippen LogP contribution < -0.4 is 10.6 Å². The van der Waals surface area contributed by atoms with Gasteiger partial charge in [0, 0.05) is 21.3 Å². The number of anilines is 4. The molecule has 0 amide bonds. The zero-order valence-electron chi connectivity index (χ0n) is 12.3. The van der Waals surface area contributed by atoms with E-state index < -0.39 is 4.92 Å². The van der Waals surface area contributed by atoms with Gasteiger partial charge >= 0.3 is 5.69 Å². The molecule has 25 heavy (non-hydrogen) atoms. The van der Waals surface area contributed by atoms with Gasteiger partial charge in [-0.2, -0.15) is 0 Å². The van der Waals surface area contributed by atoms with Crippen LogP contribution in [0.2, 0.25) is 0 Å². The number of halogens is 2. The van der Waals surface area contributed by atoms with Crippen LogP contribution in [-0.2, 0) is 0 Å². The Morgan fingerprint density at radius 2 is 1.32 bits per heavy atom. The van der Waals surface area contributed by atoms with Crippen molar-refractivity contribution in [1.29, 1.82) is 0 Å². The molecule has 2 N–H and O–H groups in total. The Hall–Kier alpha value is -2.66. The monoisotopic (exact) mass is 465 g/mol. The second-order valence-electron chi connectivity index (χ2n) is 4.65. The van der Waals surface area contributed by atoms with E-state index >= 15 is 0 Å². The van der Waals surface area contributed by atoms with Gasteiger partial charge in [0.15, 0.2) is 0 Å². The van der Waals surface area contributed by atoms with Crippen LogP contribution in [0.5, 0.6) is 0 Å². The first-order chi connectivity index (χ1) is 12.0. The molecular formula is C14H9Br2N7O2. The molecule has 0 unspecified atom stereocenters. The summed E-state index contributed by atoms with van der Waals surface area (Å²) >= 11 is 6.56. The molecule has 0 aliphatic carbocycles. The second-order valence-corrected chi connectivity index (χ2v) is 6.48. The van der Waals surface area contributed by atoms with Crippen molar-refractivity contribution < 1.29 is 4.92 Å². The van der Waals surface area contributed by atoms with Crippen molar-refractivity contribution in [3.63, 3.8) is 0 Å². The maximum atomic E-state index is 11.5. The summed E-state index contributed by atoms with van der Waals surface area (Å²) in [4.78, 5) is 27.1. The summed E-state index contributed by atoms with van der Waals surface area (Å²) in [5.74, 6) is 0.874. The minimum absolute atomic E-state index is 0.0226. The van der Waals surface area contributed by atoms with E-state index in [1.807, 2.05) is 0 Å². The van der Waals surface area contributed by atoms with Gasteiger partial charge in [0.25, 0.3) is 0 Å². The van der Waals surface area contributed by atoms with E-state index in [2.05, 4.69) is 62.4 Å². The van der Waals surface area contributed by atoms with E-state index in [4.69, 9.17) is 0 Å². The van der Waals surface area contributed by atoms with Crippen molar-refractivity contribution in [2.75, 3.05) is 10.6 Å². The van der Waals surface area contributed by atoms with Gasteiger partial charge in [0.05, 0.1) is 4.92 Å². The standard InChI is InChI=1S/C14H9Br2N7O2/c15-8-1-3-10(17-5-8)21-13-12(23(24)25)14(20-7-19-13)22-11-4-2-9(16)6-18-11/h1-7H,(H2,17,18,19,20,21,22). The number of hydrogen-bond acceptors (Lipinski definition) is 8. The molecule has 3 heterocycles. The van der Waals surface area contributed by atoms with Gasteiger partial charge in [-0.3, -0.25) is 10.1 Å². The third-order valence-corrected chi connectivity index (χ3v) is 3.89. The minimum atomic E-state index is -0.567. The van der Waals surface area contributed by atoms with Gasteiger partial charge in [-0.25, -0.2) is 19.9 Å². The number of nitrogens with zero attached hydrogens (tertiary/aromatic N) is 5. The summed E-state index contributed by atoms with van der Waals surface area (Å²) in [7, 11) is 0. The topological polar surface area (TPSA) is 119 Å². The first-order valence-electron chi connectivity index (χ1n) is 6.79. The normalized spacial score (nSPS) is 10.3. The Labute approximate surface area is 158 Å². The molecule has 11 heteroatoms. The highest BCUT2D eigenvalue weighted by Gasteiger charge is 2.23. The van der Waals surface area contributed by atoms with Gasteiger partial charge in [-0.1, -0.05) is 0 Å². The molecule has 0 aliphatic heterocycles. The van der Waals surface area contributed by atoms with Crippen molar-refractivity contribution in [3.8, 4) is 0 Å². The summed E-state index contributed by atoms with van der Waals surface area (Å²) in [6, 6.07) is 6.85. The Kier molecular flexibility index (Phi) is 5.14. The molecule has 0 bridgehead atoms. The highest BCUT2D eigenvalue weighted by Crippen LogP contribution is 2.32. The highest BCUT2D eigenvalue weighted by molar-refractivity contribution is 9.10. The van der Waals surface area contributed by atoms with Crippen LogP contribution in [0.1, 0.15) is 0 Å². The molecule has 0 aliphatic rings. The fourth-order valence-electron chi connectivity index (χ4n) is 1.88. The van der Waals surface area contributed by atoms with Crippen molar-refractivity contribution in [2.24, 2.45) is 0 Å². The van der Waals surface area contributed by atoms with Gasteiger partial charge < -0.3 is 10.6 Å². The summed E-state index contributed by atoms with van der Waals surface area (Å²) < 4.78 is 1.58. The number of aromatic nitrogens is 4. The number of hydrogen-bond donors (Lipinski definition) is 2. The van der Waals surface area contributed by atoms with Gasteiger partial charge in [-0.15, -0.1) is 0 Å². The van der Waals surface area contributed by atoms with Crippen LogP contribution >= 0.6 is 31.9 Å². The van der Waals surface area contributed by atoms with Crippen molar-refractivity contribution >= 4 is 60.8 Å². The lowest BCUT2D eigenvalue weighted by atomic mass is 10.4. The number of rotatable bonds is 5. The molecule has 3 aromatic heterocycles. The van der Waals surface area contributed by atoms with Crippen LogP contribution in [0.15, 0.2) is 51.9 Å². The highest BCUT2D eigenvalue weighted by atomic mass is 79.9. The third-order valence-electron chi connectivity index (χ3n) is 2.95. The molecule has 3 aromatic rings. The van der Waals surface area contributed by atoms with Crippen molar-refractivity contribution in [2.45, 2.75) is 0 Å². The molecule has 0 atom stereocenters. The average Bonchev–Trinajstić information content (AvgIpc) is 2.59. The molecule has 0 aromatic carbocycles. The molecule has 3 rings (SSSR count). The largest absolute Gasteiger partial charge is 0.354 e. The van der Waals surface area contributed by atoms with E-state index in [1.165, 1.54) is 6.33 Å². The molecular weight excluding hydrogens is 458 g/mol. The number of nitrogens with one attached hydrogen (secondary N) is 2. The molecule has 0 spiro atoms. The first-order valence-corrected chi connectivity index (χ1v) is 8.38. The minimum Gasteiger partial charge on any atom is -0.319 e. The number of pyridine rings is 2. The molecule has 126 valence electrons. The molecule has 0 saturated carbocycles. The van der Waals surface area contributed by atoms with E-state index in [0.717, 1.165) is 8.95 Å². The fraction of sp³-hybridized carbons (Fsp3) is 0. The molecule has 0 fully saturated rings. The predicted octanol–water partition coefficient (Wildman–Crippen LogP) is 4.19. The molecule has 0 saturated heterocycles. The van der Waals surface area contributed by atoms with Crippen LogP contribution in [0, 0.1) is 10.1 Å². The van der Waals surface area contributed by atoms with Gasteiger partial charge in [0.2, 0.25) is 11.6 Å². The fourth-order valence-corrected chi connectivity index (χ4v) is 2.35. The van der Waals surface area contributed by atoms with Crippen LogP contribution in [0.3, 0.4) is 0 Å². The zero-order chi connectivity index (χ0) is 17.8. The maximum Gasteiger partial charge on any atom is 0.354 e. The average molecular weight is 467 g/mol. The third kappa shape index (κ3) is 4.25. The summed E-state index contributed by atoms with van der Waals surface area (Å²) in [6.45, 7) is 0. The van der Waals surface area contributed by atoms with E-state index in [1.54, 1.807) is 36.7 Å². The second kappa shape index (κ2) is 7.49. The van der Waals surface area contributed by atoms with E-state index in [0.29, 0.717) is 11.6 Å². The molecule has 9 nitrogen and oxygen atoms in total. The van der Waals surface area contributed by atoms with E-state index in [9.17, 15) is 10.1 Å². The smallest absolute Gasteiger partial charge is 0.319 e. The summed E-state index contributed by atoms with van der Waals surface area (Å²) in [5.41, 5.74) is -0.308. The molecule has 0 radical (unpaired) electrons. The Morgan fingerprint density at radius 1 is 0.840 bits per heavy atom. The first kappa shape index (κ1) is 17.2. The zero-order valence-corrected chi connectivity index (χ0v) is 15.5. The van der Waals surface area contributed by atoms with Crippen LogP contribution in [0.25, 0.3) is 0 Å². The summed E-state index contributed by atoms with van der Waals surface area (Å²) in [5, 5.41) is 17.2. The lowest BCUT2D eigenvalue weighted by Gasteiger charge is -2.09. The Morgan fingerprint density at radius 3 is 1.68 bits per heavy atom. The predicted molar refractivity (Wildman–Crippen MR) is 99.1 cm³/mol. The maximum absolute atomic E-state index is 11.5. The van der Waals surface area contributed by atoms with Crippen LogP contribution in [0.4, 0.5) is 29.0 Å². The van der Waals surface area contributed by atoms with Crippen LogP contribution in [-0.4, -0.2) is 24.9 Å². The lowest BCUT2D eigenvalue weighted by molar-refractivity contribution is -0.383. The quantitative estimate of drug-likeness (QED) is 0.424. The van der Waals surface area contributed by atoms with E-state index in [-0.39, 0.29) is 17.3 Å². The van der Waals surface area contributed by atoms with Crippen molar-refractivity contribution in [1.82, 2.24) is 19.9 Å². The van der Waals surface area contributed by atoms with Gasteiger partial charge in [0.1, 0.15) is 18.0 Å². The summed E-state index contributed by atoms with van der Waals surface area (Å²) in [6.07, 6.45) is 4.36. The Balaban J connectivity index is 1.94. The SMILES string of the molecule is O=[N+]([O-])c1c(Nc2ccc(Br)cn2)ncnc1Nc1ccc(Br)cn1. The number of nitro groups is 1. The van der Waals surface area contributed by atoms with Gasteiger partial charge in [-0.05, 0) is 56.1 Å². The Bertz CT molecular complexity index is 838.